The largest absolute Gasteiger partial charge is 0.385 e. The van der Waals surface area contributed by atoms with E-state index in [4.69, 9.17) is 5.26 Å². The maximum atomic E-state index is 13.6. The summed E-state index contributed by atoms with van der Waals surface area (Å²) >= 11 is 0. The monoisotopic (exact) mass is 269 g/mol. The van der Waals surface area contributed by atoms with Gasteiger partial charge in [-0.25, -0.2) is 4.39 Å². The second kappa shape index (κ2) is 7.15. The predicted molar refractivity (Wildman–Crippen MR) is 79.2 cm³/mol. The summed E-state index contributed by atoms with van der Waals surface area (Å²) in [5, 5.41) is 15.0. The summed E-state index contributed by atoms with van der Waals surface area (Å²) in [7, 11) is 0. The van der Waals surface area contributed by atoms with Crippen LogP contribution in [-0.4, -0.2) is 13.1 Å². The quantitative estimate of drug-likeness (QED) is 0.787. The third-order valence-electron chi connectivity index (χ3n) is 2.87. The molecule has 0 amide bonds. The molecule has 2 rings (SSSR count). The zero-order valence-electron chi connectivity index (χ0n) is 11.1. The van der Waals surface area contributed by atoms with Crippen molar-refractivity contribution in [2.45, 2.75) is 6.42 Å². The molecule has 0 aliphatic carbocycles. The van der Waals surface area contributed by atoms with Crippen molar-refractivity contribution in [1.82, 2.24) is 0 Å². The van der Waals surface area contributed by atoms with Crippen molar-refractivity contribution >= 4 is 11.4 Å². The molecule has 0 unspecified atom stereocenters. The molecule has 0 heterocycles. The predicted octanol–water partition coefficient (Wildman–Crippen LogP) is 3.61. The molecular weight excluding hydrogens is 253 g/mol. The topological polar surface area (TPSA) is 47.9 Å². The standard InChI is InChI=1S/C16H16FN3/c17-15-11-13(12-18)7-8-16(15)20-10-4-9-19-14-5-2-1-3-6-14/h1-3,5-8,11,19-20H,4,9-10H2. The number of nitrogens with zero attached hydrogens (tertiary/aromatic N) is 1. The number of hydrogen-bond acceptors (Lipinski definition) is 3. The summed E-state index contributed by atoms with van der Waals surface area (Å²) in [4.78, 5) is 0. The Morgan fingerprint density at radius 2 is 1.75 bits per heavy atom. The van der Waals surface area contributed by atoms with Gasteiger partial charge in [0.15, 0.2) is 0 Å². The summed E-state index contributed by atoms with van der Waals surface area (Å²) in [6.45, 7) is 1.48. The van der Waals surface area contributed by atoms with Gasteiger partial charge in [-0.05, 0) is 36.8 Å². The summed E-state index contributed by atoms with van der Waals surface area (Å²) in [5.74, 6) is -0.389. The molecule has 0 saturated carbocycles. The first-order valence-corrected chi connectivity index (χ1v) is 6.52. The van der Waals surface area contributed by atoms with E-state index >= 15 is 0 Å². The normalized spacial score (nSPS) is 9.80. The van der Waals surface area contributed by atoms with Crippen molar-refractivity contribution in [3.63, 3.8) is 0 Å². The van der Waals surface area contributed by atoms with Crippen LogP contribution in [0.5, 0.6) is 0 Å². The molecule has 0 bridgehead atoms. The highest BCUT2D eigenvalue weighted by Gasteiger charge is 2.02. The summed E-state index contributed by atoms with van der Waals surface area (Å²) in [6.07, 6.45) is 0.869. The van der Waals surface area contributed by atoms with Crippen molar-refractivity contribution in [1.29, 1.82) is 5.26 Å². The Labute approximate surface area is 118 Å². The van der Waals surface area contributed by atoms with Crippen LogP contribution in [0.1, 0.15) is 12.0 Å². The van der Waals surface area contributed by atoms with Crippen LogP contribution >= 0.6 is 0 Å². The van der Waals surface area contributed by atoms with Gasteiger partial charge in [-0.3, -0.25) is 0 Å². The average Bonchev–Trinajstić information content (AvgIpc) is 2.49. The molecule has 0 saturated heterocycles. The van der Waals surface area contributed by atoms with Crippen LogP contribution in [0.25, 0.3) is 0 Å². The van der Waals surface area contributed by atoms with Crippen LogP contribution in [0.15, 0.2) is 48.5 Å². The number of anilines is 2. The van der Waals surface area contributed by atoms with Gasteiger partial charge in [-0.2, -0.15) is 5.26 Å². The lowest BCUT2D eigenvalue weighted by Gasteiger charge is -2.09. The Morgan fingerprint density at radius 1 is 1.00 bits per heavy atom. The molecule has 3 nitrogen and oxygen atoms in total. The first-order chi connectivity index (χ1) is 9.79. The summed E-state index contributed by atoms with van der Waals surface area (Å²) in [5.41, 5.74) is 1.85. The molecule has 102 valence electrons. The molecule has 0 spiro atoms. The molecule has 2 N–H and O–H groups in total. The summed E-state index contributed by atoms with van der Waals surface area (Å²) < 4.78 is 13.6. The molecule has 2 aromatic carbocycles. The minimum absolute atomic E-state index is 0.332. The Kier molecular flexibility index (Phi) is 4.96. The average molecular weight is 269 g/mol. The Morgan fingerprint density at radius 3 is 2.45 bits per heavy atom. The second-order valence-electron chi connectivity index (χ2n) is 4.38. The Balaban J connectivity index is 1.72. The first kappa shape index (κ1) is 13.9. The van der Waals surface area contributed by atoms with E-state index in [0.717, 1.165) is 18.7 Å². The fourth-order valence-electron chi connectivity index (χ4n) is 1.83. The number of hydrogen-bond donors (Lipinski definition) is 2. The molecule has 0 aromatic heterocycles. The first-order valence-electron chi connectivity index (χ1n) is 6.52. The van der Waals surface area contributed by atoms with E-state index < -0.39 is 0 Å². The minimum Gasteiger partial charge on any atom is -0.385 e. The molecule has 0 radical (unpaired) electrons. The molecule has 20 heavy (non-hydrogen) atoms. The number of nitriles is 1. The molecular formula is C16H16FN3. The molecule has 0 aliphatic rings. The van der Waals surface area contributed by atoms with Crippen LogP contribution in [0.2, 0.25) is 0 Å². The van der Waals surface area contributed by atoms with Gasteiger partial charge in [0.2, 0.25) is 0 Å². The van der Waals surface area contributed by atoms with Crippen LogP contribution < -0.4 is 10.6 Å². The van der Waals surface area contributed by atoms with Crippen LogP contribution in [0.3, 0.4) is 0 Å². The van der Waals surface area contributed by atoms with E-state index in [0.29, 0.717) is 17.8 Å². The molecule has 0 fully saturated rings. The lowest BCUT2D eigenvalue weighted by atomic mass is 10.2. The molecule has 0 atom stereocenters. The van der Waals surface area contributed by atoms with Gasteiger partial charge < -0.3 is 10.6 Å². The van der Waals surface area contributed by atoms with Gasteiger partial charge >= 0.3 is 0 Å². The Hall–Kier alpha value is -2.54. The van der Waals surface area contributed by atoms with Crippen molar-refractivity contribution < 1.29 is 4.39 Å². The number of para-hydroxylation sites is 1. The third-order valence-corrected chi connectivity index (χ3v) is 2.87. The number of rotatable bonds is 6. The van der Waals surface area contributed by atoms with Gasteiger partial charge in [-0.1, -0.05) is 18.2 Å². The number of benzene rings is 2. The van der Waals surface area contributed by atoms with E-state index in [2.05, 4.69) is 10.6 Å². The van der Waals surface area contributed by atoms with Gasteiger partial charge in [0.25, 0.3) is 0 Å². The van der Waals surface area contributed by atoms with Crippen LogP contribution in [-0.2, 0) is 0 Å². The lowest BCUT2D eigenvalue weighted by Crippen LogP contribution is -2.09. The van der Waals surface area contributed by atoms with E-state index in [9.17, 15) is 4.39 Å². The van der Waals surface area contributed by atoms with E-state index in [-0.39, 0.29) is 5.82 Å². The smallest absolute Gasteiger partial charge is 0.147 e. The van der Waals surface area contributed by atoms with Gasteiger partial charge in [0.1, 0.15) is 5.82 Å². The second-order valence-corrected chi connectivity index (χ2v) is 4.38. The Bertz CT molecular complexity index is 590. The SMILES string of the molecule is N#Cc1ccc(NCCCNc2ccccc2)c(F)c1. The van der Waals surface area contributed by atoms with E-state index in [1.54, 1.807) is 12.1 Å². The van der Waals surface area contributed by atoms with Gasteiger partial charge in [-0.15, -0.1) is 0 Å². The van der Waals surface area contributed by atoms with Crippen molar-refractivity contribution in [3.8, 4) is 6.07 Å². The molecule has 4 heteroatoms. The van der Waals surface area contributed by atoms with Crippen LogP contribution in [0.4, 0.5) is 15.8 Å². The van der Waals surface area contributed by atoms with Gasteiger partial charge in [0.05, 0.1) is 17.3 Å². The third kappa shape index (κ3) is 3.99. The van der Waals surface area contributed by atoms with E-state index in [1.807, 2.05) is 36.4 Å². The minimum atomic E-state index is -0.389. The number of halogens is 1. The fraction of sp³-hybridized carbons (Fsp3) is 0.188. The molecule has 0 aliphatic heterocycles. The zero-order chi connectivity index (χ0) is 14.2. The van der Waals surface area contributed by atoms with Gasteiger partial charge in [0, 0.05) is 18.8 Å². The zero-order valence-corrected chi connectivity index (χ0v) is 11.1. The van der Waals surface area contributed by atoms with Crippen molar-refractivity contribution in [2.75, 3.05) is 23.7 Å². The van der Waals surface area contributed by atoms with E-state index in [1.165, 1.54) is 6.07 Å². The number of nitrogens with one attached hydrogen (secondary N) is 2. The fourth-order valence-corrected chi connectivity index (χ4v) is 1.83. The molecule has 2 aromatic rings. The maximum absolute atomic E-state index is 13.6. The van der Waals surface area contributed by atoms with Crippen molar-refractivity contribution in [3.05, 3.63) is 59.9 Å². The summed E-state index contributed by atoms with van der Waals surface area (Å²) in [6, 6.07) is 16.3. The lowest BCUT2D eigenvalue weighted by molar-refractivity contribution is 0.629. The maximum Gasteiger partial charge on any atom is 0.147 e. The highest BCUT2D eigenvalue weighted by molar-refractivity contribution is 5.48. The highest BCUT2D eigenvalue weighted by atomic mass is 19.1. The van der Waals surface area contributed by atoms with Crippen molar-refractivity contribution in [2.24, 2.45) is 0 Å². The highest BCUT2D eigenvalue weighted by Crippen LogP contribution is 2.15. The van der Waals surface area contributed by atoms with Crippen LogP contribution in [0, 0.1) is 17.1 Å².